The first kappa shape index (κ1) is 19.6. The third-order valence-electron chi connectivity index (χ3n) is 5.29. The van der Waals surface area contributed by atoms with E-state index in [4.69, 9.17) is 0 Å². The third kappa shape index (κ3) is 4.85. The first-order chi connectivity index (χ1) is 14.2. The molecular formula is C22H26N4O2S. The third-order valence-corrected chi connectivity index (χ3v) is 6.18. The Hall–Kier alpha value is -2.67. The zero-order chi connectivity index (χ0) is 20.1. The highest BCUT2D eigenvalue weighted by Crippen LogP contribution is 2.23. The molecule has 29 heavy (non-hydrogen) atoms. The van der Waals surface area contributed by atoms with Crippen molar-refractivity contribution in [2.45, 2.75) is 38.5 Å². The fourth-order valence-corrected chi connectivity index (χ4v) is 4.58. The number of carbonyl (C=O) groups is 2. The lowest BCUT2D eigenvalue weighted by molar-refractivity contribution is -0.130. The van der Waals surface area contributed by atoms with Crippen molar-refractivity contribution in [2.24, 2.45) is 0 Å². The van der Waals surface area contributed by atoms with E-state index < -0.39 is 0 Å². The van der Waals surface area contributed by atoms with Crippen LogP contribution >= 0.6 is 11.3 Å². The van der Waals surface area contributed by atoms with Crippen LogP contribution in [0.25, 0.3) is 16.2 Å². The van der Waals surface area contributed by atoms with Crippen molar-refractivity contribution in [3.8, 4) is 11.3 Å². The first-order valence-corrected chi connectivity index (χ1v) is 11.1. The average Bonchev–Trinajstić information content (AvgIpc) is 3.25. The van der Waals surface area contributed by atoms with Crippen LogP contribution in [-0.2, 0) is 16.0 Å². The highest BCUT2D eigenvalue weighted by molar-refractivity contribution is 7.15. The van der Waals surface area contributed by atoms with Gasteiger partial charge in [0.1, 0.15) is 0 Å². The molecule has 1 aliphatic heterocycles. The van der Waals surface area contributed by atoms with Crippen molar-refractivity contribution < 1.29 is 9.59 Å². The fraction of sp³-hybridized carbons (Fsp3) is 0.409. The lowest BCUT2D eigenvalue weighted by Gasteiger charge is -2.20. The SMILES string of the molecule is O=C(Cc1csc2nc(-c3ccccc3)cn12)NCCCN1CCCCCC1=O. The molecule has 2 amide bonds. The monoisotopic (exact) mass is 410 g/mol. The van der Waals surface area contributed by atoms with Gasteiger partial charge in [-0.2, -0.15) is 0 Å². The number of carbonyl (C=O) groups excluding carboxylic acids is 2. The van der Waals surface area contributed by atoms with Crippen LogP contribution in [0.5, 0.6) is 0 Å². The zero-order valence-electron chi connectivity index (χ0n) is 16.5. The van der Waals surface area contributed by atoms with Crippen LogP contribution < -0.4 is 5.32 Å². The second-order valence-corrected chi connectivity index (χ2v) is 8.28. The van der Waals surface area contributed by atoms with E-state index in [1.165, 1.54) is 0 Å². The number of benzene rings is 1. The van der Waals surface area contributed by atoms with Gasteiger partial charge >= 0.3 is 0 Å². The molecule has 0 bridgehead atoms. The standard InChI is InChI=1S/C22H26N4O2S/c27-20(23-11-7-13-25-12-6-2-5-10-21(25)28)14-18-16-29-22-24-19(15-26(18)22)17-8-3-1-4-9-17/h1,3-4,8-9,15-16H,2,5-7,10-14H2,(H,23,27). The lowest BCUT2D eigenvalue weighted by Crippen LogP contribution is -2.34. The molecule has 0 radical (unpaired) electrons. The van der Waals surface area contributed by atoms with Gasteiger partial charge in [-0.25, -0.2) is 4.98 Å². The summed E-state index contributed by atoms with van der Waals surface area (Å²) in [5.41, 5.74) is 2.93. The Bertz CT molecular complexity index is 979. The van der Waals surface area contributed by atoms with Gasteiger partial charge in [0.05, 0.1) is 12.1 Å². The Morgan fingerprint density at radius 2 is 2.03 bits per heavy atom. The number of imidazole rings is 1. The number of hydrogen-bond donors (Lipinski definition) is 1. The number of rotatable bonds is 7. The molecule has 1 N–H and O–H groups in total. The normalized spacial score (nSPS) is 14.9. The molecule has 0 atom stereocenters. The van der Waals surface area contributed by atoms with Crippen molar-refractivity contribution in [2.75, 3.05) is 19.6 Å². The number of aromatic nitrogens is 2. The quantitative estimate of drug-likeness (QED) is 0.606. The Morgan fingerprint density at radius 3 is 2.90 bits per heavy atom. The summed E-state index contributed by atoms with van der Waals surface area (Å²) in [6.07, 6.45) is 7.00. The second-order valence-electron chi connectivity index (χ2n) is 7.44. The minimum Gasteiger partial charge on any atom is -0.356 e. The van der Waals surface area contributed by atoms with Crippen LogP contribution in [0.4, 0.5) is 0 Å². The average molecular weight is 411 g/mol. The molecule has 6 nitrogen and oxygen atoms in total. The number of thiazole rings is 1. The van der Waals surface area contributed by atoms with Crippen molar-refractivity contribution in [1.82, 2.24) is 19.6 Å². The van der Waals surface area contributed by atoms with E-state index in [9.17, 15) is 9.59 Å². The molecule has 1 saturated heterocycles. The molecule has 152 valence electrons. The fourth-order valence-electron chi connectivity index (χ4n) is 3.70. The number of hydrogen-bond acceptors (Lipinski definition) is 4. The molecule has 7 heteroatoms. The van der Waals surface area contributed by atoms with Gasteiger partial charge < -0.3 is 10.2 Å². The molecule has 0 spiro atoms. The maximum atomic E-state index is 12.4. The first-order valence-electron chi connectivity index (χ1n) is 10.3. The van der Waals surface area contributed by atoms with Gasteiger partial charge in [0.2, 0.25) is 11.8 Å². The number of amides is 2. The molecule has 4 rings (SSSR count). The highest BCUT2D eigenvalue weighted by Gasteiger charge is 2.16. The Labute approximate surface area is 174 Å². The van der Waals surface area contributed by atoms with E-state index in [1.54, 1.807) is 11.3 Å². The number of nitrogens with zero attached hydrogens (tertiary/aromatic N) is 3. The van der Waals surface area contributed by atoms with Gasteiger partial charge in [-0.15, -0.1) is 11.3 Å². The van der Waals surface area contributed by atoms with Crippen LogP contribution in [0.2, 0.25) is 0 Å². The molecule has 1 aliphatic rings. The summed E-state index contributed by atoms with van der Waals surface area (Å²) in [7, 11) is 0. The molecule has 1 fully saturated rings. The minimum atomic E-state index is 0.00172. The van der Waals surface area contributed by atoms with Gasteiger partial charge in [-0.1, -0.05) is 36.8 Å². The molecule has 0 saturated carbocycles. The topological polar surface area (TPSA) is 66.7 Å². The van der Waals surface area contributed by atoms with Gasteiger partial charge in [0.25, 0.3) is 0 Å². The molecule has 1 aromatic carbocycles. The molecule has 0 aliphatic carbocycles. The number of nitrogens with one attached hydrogen (secondary N) is 1. The molecule has 0 unspecified atom stereocenters. The Balaban J connectivity index is 1.29. The van der Waals surface area contributed by atoms with Crippen LogP contribution in [0.3, 0.4) is 0 Å². The second kappa shape index (κ2) is 9.22. The smallest absolute Gasteiger partial charge is 0.225 e. The predicted octanol–water partition coefficient (Wildman–Crippen LogP) is 3.51. The summed E-state index contributed by atoms with van der Waals surface area (Å²) in [4.78, 5) is 31.9. The Morgan fingerprint density at radius 1 is 1.17 bits per heavy atom. The van der Waals surface area contributed by atoms with E-state index in [0.29, 0.717) is 19.4 Å². The van der Waals surface area contributed by atoms with Crippen LogP contribution in [-0.4, -0.2) is 45.7 Å². The van der Waals surface area contributed by atoms with Crippen molar-refractivity contribution >= 4 is 28.1 Å². The predicted molar refractivity (Wildman–Crippen MR) is 115 cm³/mol. The van der Waals surface area contributed by atoms with Gasteiger partial charge in [-0.05, 0) is 19.3 Å². The van der Waals surface area contributed by atoms with Crippen LogP contribution in [0.1, 0.15) is 37.8 Å². The maximum absolute atomic E-state index is 12.4. The summed E-state index contributed by atoms with van der Waals surface area (Å²) in [6.45, 7) is 2.17. The molecule has 2 aromatic heterocycles. The Kier molecular flexibility index (Phi) is 6.24. The molecule has 3 heterocycles. The maximum Gasteiger partial charge on any atom is 0.225 e. The lowest BCUT2D eigenvalue weighted by atomic mass is 10.2. The van der Waals surface area contributed by atoms with Crippen molar-refractivity contribution in [3.05, 3.63) is 47.6 Å². The molecular weight excluding hydrogens is 384 g/mol. The van der Waals surface area contributed by atoms with Crippen LogP contribution in [0, 0.1) is 0 Å². The van der Waals surface area contributed by atoms with Gasteiger partial charge in [0, 0.05) is 48.9 Å². The summed E-state index contributed by atoms with van der Waals surface area (Å²) in [6, 6.07) is 10.1. The van der Waals surface area contributed by atoms with E-state index in [2.05, 4.69) is 10.3 Å². The minimum absolute atomic E-state index is 0.00172. The van der Waals surface area contributed by atoms with Crippen LogP contribution in [0.15, 0.2) is 41.9 Å². The van der Waals surface area contributed by atoms with Crippen molar-refractivity contribution in [3.63, 3.8) is 0 Å². The summed E-state index contributed by atoms with van der Waals surface area (Å²) < 4.78 is 2.00. The number of likely N-dealkylation sites (tertiary alicyclic amines) is 1. The van der Waals surface area contributed by atoms with E-state index in [1.807, 2.05) is 51.2 Å². The zero-order valence-corrected chi connectivity index (χ0v) is 17.3. The van der Waals surface area contributed by atoms with E-state index in [-0.39, 0.29) is 11.8 Å². The largest absolute Gasteiger partial charge is 0.356 e. The van der Waals surface area contributed by atoms with E-state index >= 15 is 0 Å². The summed E-state index contributed by atoms with van der Waals surface area (Å²) in [5, 5.41) is 4.98. The van der Waals surface area contributed by atoms with E-state index in [0.717, 1.165) is 60.7 Å². The molecule has 3 aromatic rings. The van der Waals surface area contributed by atoms with Gasteiger partial charge in [0.15, 0.2) is 4.96 Å². The summed E-state index contributed by atoms with van der Waals surface area (Å²) >= 11 is 1.55. The van der Waals surface area contributed by atoms with Gasteiger partial charge in [-0.3, -0.25) is 14.0 Å². The van der Waals surface area contributed by atoms with Crippen molar-refractivity contribution in [1.29, 1.82) is 0 Å². The number of fused-ring (bicyclic) bond motifs is 1. The highest BCUT2D eigenvalue weighted by atomic mass is 32.1. The summed E-state index contributed by atoms with van der Waals surface area (Å²) in [5.74, 6) is 0.255.